The number of esters is 1. The second-order valence-corrected chi connectivity index (χ2v) is 3.23. The van der Waals surface area contributed by atoms with Crippen LogP contribution in [0, 0.1) is 5.82 Å². The van der Waals surface area contributed by atoms with E-state index in [4.69, 9.17) is 5.73 Å². The minimum absolute atomic E-state index is 0.0926. The highest BCUT2D eigenvalue weighted by atomic mass is 19.1. The second kappa shape index (κ2) is 5.55. The lowest BCUT2D eigenvalue weighted by Crippen LogP contribution is -2.31. The van der Waals surface area contributed by atoms with Crippen LogP contribution in [-0.4, -0.2) is 18.7 Å². The molecule has 1 unspecified atom stereocenters. The number of alkyl halides is 1. The van der Waals surface area contributed by atoms with E-state index in [1.54, 1.807) is 6.92 Å². The third kappa shape index (κ3) is 3.00. The largest absolute Gasteiger partial charge is 0.464 e. The van der Waals surface area contributed by atoms with Crippen molar-refractivity contribution in [2.75, 3.05) is 6.61 Å². The van der Waals surface area contributed by atoms with Crippen LogP contribution in [0.5, 0.6) is 0 Å². The van der Waals surface area contributed by atoms with Crippen LogP contribution in [0.25, 0.3) is 0 Å². The van der Waals surface area contributed by atoms with Gasteiger partial charge < -0.3 is 10.5 Å². The summed E-state index contributed by atoms with van der Waals surface area (Å²) < 4.78 is 30.6. The van der Waals surface area contributed by atoms with E-state index in [2.05, 4.69) is 4.74 Å². The van der Waals surface area contributed by atoms with Crippen molar-refractivity contribution in [3.05, 3.63) is 35.6 Å². The van der Waals surface area contributed by atoms with Crippen LogP contribution in [0.15, 0.2) is 24.3 Å². The van der Waals surface area contributed by atoms with Crippen molar-refractivity contribution >= 4 is 5.97 Å². The second-order valence-electron chi connectivity index (χ2n) is 3.23. The van der Waals surface area contributed by atoms with E-state index in [1.807, 2.05) is 0 Å². The van der Waals surface area contributed by atoms with E-state index in [0.29, 0.717) is 5.56 Å². The van der Waals surface area contributed by atoms with Crippen LogP contribution in [0.3, 0.4) is 0 Å². The third-order valence-corrected chi connectivity index (χ3v) is 2.08. The van der Waals surface area contributed by atoms with E-state index in [9.17, 15) is 13.6 Å². The van der Waals surface area contributed by atoms with Gasteiger partial charge in [0.1, 0.15) is 5.82 Å². The van der Waals surface area contributed by atoms with Gasteiger partial charge in [0.15, 0.2) is 0 Å². The van der Waals surface area contributed by atoms with Gasteiger partial charge in [-0.1, -0.05) is 12.1 Å². The van der Waals surface area contributed by atoms with Gasteiger partial charge in [-0.3, -0.25) is 0 Å². The van der Waals surface area contributed by atoms with E-state index in [0.717, 1.165) is 12.1 Å². The molecule has 3 nitrogen and oxygen atoms in total. The van der Waals surface area contributed by atoms with E-state index >= 15 is 0 Å². The fraction of sp³-hybridized carbons (Fsp3) is 0.364. The van der Waals surface area contributed by atoms with Gasteiger partial charge >= 0.3 is 5.97 Å². The summed E-state index contributed by atoms with van der Waals surface area (Å²) in [6.45, 7) is 1.67. The Labute approximate surface area is 92.2 Å². The van der Waals surface area contributed by atoms with Gasteiger partial charge in [-0.2, -0.15) is 0 Å². The Hall–Kier alpha value is -1.49. The molecule has 5 heteroatoms. The Morgan fingerprint density at radius 3 is 2.50 bits per heavy atom. The molecule has 0 fully saturated rings. The minimum atomic E-state index is -1.94. The maximum absolute atomic E-state index is 13.5. The zero-order valence-electron chi connectivity index (χ0n) is 8.82. The lowest BCUT2D eigenvalue weighted by atomic mass is 10.0. The van der Waals surface area contributed by atoms with E-state index in [-0.39, 0.29) is 6.61 Å². The molecule has 2 atom stereocenters. The van der Waals surface area contributed by atoms with Crippen LogP contribution in [0.4, 0.5) is 8.78 Å². The Bertz CT molecular complexity index is 354. The number of benzene rings is 1. The monoisotopic (exact) mass is 229 g/mol. The van der Waals surface area contributed by atoms with E-state index in [1.165, 1.54) is 12.1 Å². The molecular formula is C11H13F2NO2. The topological polar surface area (TPSA) is 52.3 Å². The van der Waals surface area contributed by atoms with Crippen molar-refractivity contribution in [1.82, 2.24) is 0 Å². The first-order chi connectivity index (χ1) is 7.56. The average Bonchev–Trinajstić information content (AvgIpc) is 2.28. The Morgan fingerprint density at radius 2 is 2.00 bits per heavy atom. The lowest BCUT2D eigenvalue weighted by Gasteiger charge is -2.15. The van der Waals surface area contributed by atoms with Crippen molar-refractivity contribution < 1.29 is 18.3 Å². The van der Waals surface area contributed by atoms with Crippen molar-refractivity contribution in [3.63, 3.8) is 0 Å². The predicted octanol–water partition coefficient (Wildman–Crippen LogP) is 1.73. The molecule has 0 radical (unpaired) electrons. The number of carbonyl (C=O) groups is 1. The standard InChI is InChI=1S/C11H13F2NO2/c1-2-16-11(15)9(13)10(14)7-3-5-8(12)6-4-7/h3-6,9-10H,2,14H2,1H3/t9?,10-/m1/s1. The third-order valence-electron chi connectivity index (χ3n) is 2.08. The van der Waals surface area contributed by atoms with Crippen LogP contribution in [0.1, 0.15) is 18.5 Å². The SMILES string of the molecule is CCOC(=O)C(F)[C@H](N)c1ccc(F)cc1. The predicted molar refractivity (Wildman–Crippen MR) is 54.9 cm³/mol. The number of hydrogen-bond acceptors (Lipinski definition) is 3. The molecule has 0 aliphatic carbocycles. The molecule has 1 aromatic rings. The van der Waals surface area contributed by atoms with Gasteiger partial charge in [-0.05, 0) is 24.6 Å². The molecule has 0 aliphatic rings. The number of nitrogens with two attached hydrogens (primary N) is 1. The maximum Gasteiger partial charge on any atom is 0.342 e. The molecule has 88 valence electrons. The van der Waals surface area contributed by atoms with Crippen LogP contribution in [-0.2, 0) is 9.53 Å². The average molecular weight is 229 g/mol. The van der Waals surface area contributed by atoms with Crippen molar-refractivity contribution in [1.29, 1.82) is 0 Å². The normalized spacial score (nSPS) is 14.2. The van der Waals surface area contributed by atoms with Gasteiger partial charge in [0, 0.05) is 0 Å². The summed E-state index contributed by atoms with van der Waals surface area (Å²) in [5.41, 5.74) is 5.87. The van der Waals surface area contributed by atoms with Gasteiger partial charge in [0.05, 0.1) is 12.6 Å². The summed E-state index contributed by atoms with van der Waals surface area (Å²) in [6, 6.07) is 3.86. The van der Waals surface area contributed by atoms with Crippen LogP contribution < -0.4 is 5.73 Å². The summed E-state index contributed by atoms with van der Waals surface area (Å²) >= 11 is 0. The molecule has 0 saturated carbocycles. The number of hydrogen-bond donors (Lipinski definition) is 1. The van der Waals surface area contributed by atoms with Gasteiger partial charge in [-0.25, -0.2) is 13.6 Å². The van der Waals surface area contributed by atoms with Gasteiger partial charge in [-0.15, -0.1) is 0 Å². The Morgan fingerprint density at radius 1 is 1.44 bits per heavy atom. The molecule has 0 bridgehead atoms. The van der Waals surface area contributed by atoms with Gasteiger partial charge in [0.25, 0.3) is 0 Å². The molecule has 1 rings (SSSR count). The zero-order valence-corrected chi connectivity index (χ0v) is 8.82. The Kier molecular flexibility index (Phi) is 4.37. The molecule has 0 spiro atoms. The Balaban J connectivity index is 2.73. The molecule has 16 heavy (non-hydrogen) atoms. The molecule has 0 aromatic heterocycles. The lowest BCUT2D eigenvalue weighted by molar-refractivity contribution is -0.149. The smallest absolute Gasteiger partial charge is 0.342 e. The molecule has 0 heterocycles. The molecule has 2 N–H and O–H groups in total. The summed E-state index contributed by atoms with van der Waals surface area (Å²) in [4.78, 5) is 11.1. The quantitative estimate of drug-likeness (QED) is 0.800. The van der Waals surface area contributed by atoms with Gasteiger partial charge in [0.2, 0.25) is 6.17 Å². The summed E-state index contributed by atoms with van der Waals surface area (Å²) in [7, 11) is 0. The zero-order chi connectivity index (χ0) is 12.1. The van der Waals surface area contributed by atoms with Crippen LogP contribution >= 0.6 is 0 Å². The molecule has 0 aliphatic heterocycles. The van der Waals surface area contributed by atoms with Crippen LogP contribution in [0.2, 0.25) is 0 Å². The number of carbonyl (C=O) groups excluding carboxylic acids is 1. The first-order valence-corrected chi connectivity index (χ1v) is 4.88. The summed E-state index contributed by atoms with van der Waals surface area (Å²) in [5.74, 6) is -1.44. The summed E-state index contributed by atoms with van der Waals surface area (Å²) in [5, 5.41) is 0. The number of halogens is 2. The first-order valence-electron chi connectivity index (χ1n) is 4.88. The van der Waals surface area contributed by atoms with E-state index < -0.39 is 24.0 Å². The summed E-state index contributed by atoms with van der Waals surface area (Å²) in [6.07, 6.45) is -1.94. The molecule has 1 aromatic carbocycles. The fourth-order valence-corrected chi connectivity index (χ4v) is 1.22. The highest BCUT2D eigenvalue weighted by molar-refractivity contribution is 5.75. The highest BCUT2D eigenvalue weighted by Crippen LogP contribution is 2.18. The number of rotatable bonds is 4. The number of ether oxygens (including phenoxy) is 1. The van der Waals surface area contributed by atoms with Crippen molar-refractivity contribution in [2.24, 2.45) is 5.73 Å². The maximum atomic E-state index is 13.5. The van der Waals surface area contributed by atoms with Crippen molar-refractivity contribution in [3.8, 4) is 0 Å². The van der Waals surface area contributed by atoms with Crippen molar-refractivity contribution in [2.45, 2.75) is 19.1 Å². The molecular weight excluding hydrogens is 216 g/mol. The molecule has 0 saturated heterocycles. The first kappa shape index (κ1) is 12.6. The highest BCUT2D eigenvalue weighted by Gasteiger charge is 2.27. The fourth-order valence-electron chi connectivity index (χ4n) is 1.22. The minimum Gasteiger partial charge on any atom is -0.464 e. The molecule has 0 amide bonds.